The Hall–Kier alpha value is -3.67. The van der Waals surface area contributed by atoms with Gasteiger partial charge in [-0.05, 0) is 36.0 Å². The van der Waals surface area contributed by atoms with Gasteiger partial charge in [0, 0.05) is 12.8 Å². The highest BCUT2D eigenvalue weighted by atomic mass is 16.4. The van der Waals surface area contributed by atoms with Gasteiger partial charge in [0.25, 0.3) is 0 Å². The van der Waals surface area contributed by atoms with E-state index in [1.807, 2.05) is 13.8 Å². The number of benzene rings is 1. The molecule has 1 rings (SSSR count). The van der Waals surface area contributed by atoms with Gasteiger partial charge in [-0.2, -0.15) is 0 Å². The second-order valence-electron chi connectivity index (χ2n) is 9.41. The highest BCUT2D eigenvalue weighted by Crippen LogP contribution is 2.13. The highest BCUT2D eigenvalue weighted by molar-refractivity contribution is 5.94. The van der Waals surface area contributed by atoms with Crippen LogP contribution in [0.15, 0.2) is 24.3 Å². The molecule has 0 spiro atoms. The van der Waals surface area contributed by atoms with Crippen molar-refractivity contribution in [2.75, 3.05) is 0 Å². The van der Waals surface area contributed by atoms with Gasteiger partial charge in [0.05, 0.1) is 6.04 Å². The van der Waals surface area contributed by atoms with Gasteiger partial charge in [-0.3, -0.25) is 19.2 Å². The van der Waals surface area contributed by atoms with Gasteiger partial charge in [-0.25, -0.2) is 4.79 Å². The molecule has 12 nitrogen and oxygen atoms in total. The van der Waals surface area contributed by atoms with Crippen LogP contribution in [0, 0.1) is 11.8 Å². The summed E-state index contributed by atoms with van der Waals surface area (Å²) in [5.74, 6) is -5.16. The Labute approximate surface area is 216 Å². The summed E-state index contributed by atoms with van der Waals surface area (Å²) in [7, 11) is 0. The van der Waals surface area contributed by atoms with Crippen molar-refractivity contribution in [2.24, 2.45) is 17.6 Å². The van der Waals surface area contributed by atoms with Gasteiger partial charge < -0.3 is 37.0 Å². The van der Waals surface area contributed by atoms with Crippen molar-refractivity contribution in [1.82, 2.24) is 16.0 Å². The average molecular weight is 523 g/mol. The van der Waals surface area contributed by atoms with Gasteiger partial charge in [0.2, 0.25) is 17.7 Å². The van der Waals surface area contributed by atoms with Crippen LogP contribution in [0.4, 0.5) is 0 Å². The molecule has 0 saturated carbocycles. The lowest BCUT2D eigenvalue weighted by Crippen LogP contribution is -2.59. The molecular formula is C25H38N4O8. The minimum absolute atomic E-state index is 0.00590. The summed E-state index contributed by atoms with van der Waals surface area (Å²) < 4.78 is 0. The lowest BCUT2D eigenvalue weighted by atomic mass is 9.97. The van der Waals surface area contributed by atoms with Crippen molar-refractivity contribution < 1.29 is 39.3 Å². The van der Waals surface area contributed by atoms with Crippen LogP contribution in [0.2, 0.25) is 0 Å². The quantitative estimate of drug-likeness (QED) is 0.169. The number of carbonyl (C=O) groups excluding carboxylic acids is 3. The summed E-state index contributed by atoms with van der Waals surface area (Å²) in [6.07, 6.45) is -0.235. The van der Waals surface area contributed by atoms with E-state index in [1.54, 1.807) is 13.8 Å². The Morgan fingerprint density at radius 1 is 0.865 bits per heavy atom. The number of phenols is 1. The van der Waals surface area contributed by atoms with E-state index in [0.717, 1.165) is 0 Å². The molecule has 206 valence electrons. The predicted octanol–water partition coefficient (Wildman–Crippen LogP) is 0.368. The second kappa shape index (κ2) is 14.8. The van der Waals surface area contributed by atoms with Crippen molar-refractivity contribution >= 4 is 29.7 Å². The molecule has 0 aliphatic heterocycles. The van der Waals surface area contributed by atoms with Crippen molar-refractivity contribution in [3.63, 3.8) is 0 Å². The van der Waals surface area contributed by atoms with Crippen LogP contribution in [0.1, 0.15) is 52.5 Å². The van der Waals surface area contributed by atoms with E-state index < -0.39 is 60.2 Å². The average Bonchev–Trinajstić information content (AvgIpc) is 2.83. The number of hydrogen-bond donors (Lipinski definition) is 7. The first kappa shape index (κ1) is 31.4. The number of amides is 3. The van der Waals surface area contributed by atoms with Gasteiger partial charge in [0.1, 0.15) is 23.9 Å². The molecule has 0 aliphatic rings. The largest absolute Gasteiger partial charge is 0.508 e. The normalized spacial score (nSPS) is 15.1. The molecule has 8 N–H and O–H groups in total. The summed E-state index contributed by atoms with van der Waals surface area (Å²) in [6.45, 7) is 7.12. The fourth-order valence-corrected chi connectivity index (χ4v) is 3.43. The number of phenolic OH excluding ortho intramolecular Hbond substituents is 1. The molecule has 37 heavy (non-hydrogen) atoms. The first-order valence-electron chi connectivity index (χ1n) is 12.2. The molecular weight excluding hydrogens is 484 g/mol. The maximum atomic E-state index is 13.2. The van der Waals surface area contributed by atoms with E-state index >= 15 is 0 Å². The maximum Gasteiger partial charge on any atom is 0.326 e. The Balaban J connectivity index is 3.15. The number of rotatable bonds is 15. The summed E-state index contributed by atoms with van der Waals surface area (Å²) in [5, 5.41) is 35.3. The second-order valence-corrected chi connectivity index (χ2v) is 9.41. The highest BCUT2D eigenvalue weighted by Gasteiger charge is 2.32. The van der Waals surface area contributed by atoms with Crippen molar-refractivity contribution in [2.45, 2.75) is 77.5 Å². The van der Waals surface area contributed by atoms with Gasteiger partial charge in [-0.1, -0.05) is 46.2 Å². The van der Waals surface area contributed by atoms with Crippen LogP contribution in [-0.4, -0.2) is 69.1 Å². The molecule has 0 fully saturated rings. The zero-order valence-electron chi connectivity index (χ0n) is 21.6. The van der Waals surface area contributed by atoms with Crippen LogP contribution >= 0.6 is 0 Å². The van der Waals surface area contributed by atoms with E-state index in [9.17, 15) is 34.2 Å². The minimum atomic E-state index is -1.49. The zero-order valence-corrected chi connectivity index (χ0v) is 21.6. The maximum absolute atomic E-state index is 13.2. The lowest BCUT2D eigenvalue weighted by molar-refractivity contribution is -0.143. The van der Waals surface area contributed by atoms with E-state index in [0.29, 0.717) is 12.0 Å². The fourth-order valence-electron chi connectivity index (χ4n) is 3.43. The van der Waals surface area contributed by atoms with Crippen LogP contribution in [0.5, 0.6) is 5.75 Å². The predicted molar refractivity (Wildman–Crippen MR) is 134 cm³/mol. The third-order valence-electron chi connectivity index (χ3n) is 6.08. The third kappa shape index (κ3) is 10.5. The molecule has 0 saturated heterocycles. The van der Waals surface area contributed by atoms with Gasteiger partial charge in [-0.15, -0.1) is 0 Å². The number of aliphatic carboxylic acids is 2. The van der Waals surface area contributed by atoms with E-state index in [4.69, 9.17) is 10.8 Å². The number of carboxylic acid groups (broad SMARTS) is 2. The Morgan fingerprint density at radius 3 is 1.92 bits per heavy atom. The van der Waals surface area contributed by atoms with Gasteiger partial charge in [0.15, 0.2) is 0 Å². The number of carbonyl (C=O) groups is 5. The minimum Gasteiger partial charge on any atom is -0.508 e. The smallest absolute Gasteiger partial charge is 0.326 e. The monoisotopic (exact) mass is 522 g/mol. The van der Waals surface area contributed by atoms with Crippen LogP contribution in [0.3, 0.4) is 0 Å². The first-order valence-corrected chi connectivity index (χ1v) is 12.2. The SMILES string of the molecule is CCC(C)C(N)C(=O)NC(C(=O)NC(Cc1ccc(O)cc1)C(=O)NC(CCC(=O)O)C(=O)O)C(C)C. The Bertz CT molecular complexity index is 951. The van der Waals surface area contributed by atoms with E-state index in [2.05, 4.69) is 16.0 Å². The summed E-state index contributed by atoms with van der Waals surface area (Å²) in [6, 6.07) is 1.25. The van der Waals surface area contributed by atoms with Crippen molar-refractivity contribution in [3.05, 3.63) is 29.8 Å². The molecule has 0 aliphatic carbocycles. The van der Waals surface area contributed by atoms with E-state index in [-0.39, 0.29) is 30.4 Å². The number of aromatic hydroxyl groups is 1. The van der Waals surface area contributed by atoms with Crippen LogP contribution in [0.25, 0.3) is 0 Å². The van der Waals surface area contributed by atoms with E-state index in [1.165, 1.54) is 24.3 Å². The van der Waals surface area contributed by atoms with Crippen LogP contribution in [-0.2, 0) is 30.4 Å². The molecule has 12 heteroatoms. The molecule has 1 aromatic rings. The number of nitrogens with two attached hydrogens (primary N) is 1. The van der Waals surface area contributed by atoms with Crippen molar-refractivity contribution in [1.29, 1.82) is 0 Å². The molecule has 0 radical (unpaired) electrons. The van der Waals surface area contributed by atoms with Crippen LogP contribution < -0.4 is 21.7 Å². The third-order valence-corrected chi connectivity index (χ3v) is 6.08. The van der Waals surface area contributed by atoms with Crippen molar-refractivity contribution in [3.8, 4) is 5.75 Å². The lowest BCUT2D eigenvalue weighted by Gasteiger charge is -2.28. The Kier molecular flexibility index (Phi) is 12.5. The first-order chi connectivity index (χ1) is 17.3. The summed E-state index contributed by atoms with van der Waals surface area (Å²) in [5.41, 5.74) is 6.55. The molecule has 0 bridgehead atoms. The summed E-state index contributed by atoms with van der Waals surface area (Å²) in [4.78, 5) is 61.3. The Morgan fingerprint density at radius 2 is 1.43 bits per heavy atom. The number of hydrogen-bond acceptors (Lipinski definition) is 7. The zero-order chi connectivity index (χ0) is 28.3. The number of carboxylic acids is 2. The topological polar surface area (TPSA) is 208 Å². The fraction of sp³-hybridized carbons (Fsp3) is 0.560. The molecule has 5 atom stereocenters. The standard InChI is InChI=1S/C25H38N4O8/c1-5-14(4)20(26)23(34)29-21(13(2)3)24(35)28-18(12-15-6-8-16(30)9-7-15)22(33)27-17(25(36)37)10-11-19(31)32/h6-9,13-14,17-18,20-21,30H,5,10-12,26H2,1-4H3,(H,27,33)(H,28,35)(H,29,34)(H,31,32)(H,36,37). The summed E-state index contributed by atoms with van der Waals surface area (Å²) >= 11 is 0. The molecule has 5 unspecified atom stereocenters. The molecule has 0 heterocycles. The number of nitrogens with one attached hydrogen (secondary N) is 3. The van der Waals surface area contributed by atoms with Gasteiger partial charge >= 0.3 is 11.9 Å². The molecule has 3 amide bonds. The molecule has 0 aromatic heterocycles. The molecule has 1 aromatic carbocycles.